The number of benzene rings is 1. The fourth-order valence-electron chi connectivity index (χ4n) is 1.84. The Labute approximate surface area is 96.0 Å². The molecule has 1 aliphatic rings. The predicted molar refractivity (Wildman–Crippen MR) is 58.6 cm³/mol. The van der Waals surface area contributed by atoms with Gasteiger partial charge >= 0.3 is 0 Å². The topological polar surface area (TPSA) is 49.8 Å². The fraction of sp³-hybridized carbons (Fsp3) is 0.364. The summed E-state index contributed by atoms with van der Waals surface area (Å²) in [6, 6.07) is 6.46. The zero-order valence-electron chi connectivity index (χ0n) is 8.00. The molecular weight excluding hydrogens is 259 g/mol. The summed E-state index contributed by atoms with van der Waals surface area (Å²) >= 11 is 3.10. The molecule has 0 saturated heterocycles. The van der Waals surface area contributed by atoms with Crippen LogP contribution in [0, 0.1) is 17.1 Å². The number of halogens is 2. The maximum atomic E-state index is 13.3. The standard InChI is InChI=1S/C11H10BrFN2/c12-8-2-1-7(5-9(8)13)11(3-4-11)10(15)6-14/h1-2,5,10H,3-4,15H2. The highest BCUT2D eigenvalue weighted by molar-refractivity contribution is 9.10. The second-order valence-electron chi connectivity index (χ2n) is 3.89. The Hall–Kier alpha value is -0.920. The van der Waals surface area contributed by atoms with Gasteiger partial charge in [0.05, 0.1) is 10.5 Å². The summed E-state index contributed by atoms with van der Waals surface area (Å²) in [4.78, 5) is 0. The minimum Gasteiger partial charge on any atom is -0.315 e. The van der Waals surface area contributed by atoms with Crippen LogP contribution in [0.5, 0.6) is 0 Å². The van der Waals surface area contributed by atoms with Crippen molar-refractivity contribution in [2.75, 3.05) is 0 Å². The molecule has 1 unspecified atom stereocenters. The van der Waals surface area contributed by atoms with Gasteiger partial charge in [0.1, 0.15) is 11.9 Å². The molecular formula is C11H10BrFN2. The minimum absolute atomic E-state index is 0.302. The van der Waals surface area contributed by atoms with Gasteiger partial charge < -0.3 is 5.73 Å². The molecule has 1 fully saturated rings. The largest absolute Gasteiger partial charge is 0.315 e. The normalized spacial score (nSPS) is 19.3. The first-order valence-electron chi connectivity index (χ1n) is 4.71. The second-order valence-corrected chi connectivity index (χ2v) is 4.75. The van der Waals surface area contributed by atoms with E-state index in [-0.39, 0.29) is 11.2 Å². The lowest BCUT2D eigenvalue weighted by Crippen LogP contribution is -2.33. The van der Waals surface area contributed by atoms with Crippen LogP contribution in [-0.2, 0) is 5.41 Å². The number of rotatable bonds is 2. The smallest absolute Gasteiger partial charge is 0.137 e. The lowest BCUT2D eigenvalue weighted by atomic mass is 9.89. The van der Waals surface area contributed by atoms with Crippen LogP contribution in [0.3, 0.4) is 0 Å². The Bertz CT molecular complexity index is 435. The van der Waals surface area contributed by atoms with Crippen LogP contribution in [0.4, 0.5) is 4.39 Å². The van der Waals surface area contributed by atoms with Crippen LogP contribution < -0.4 is 5.73 Å². The van der Waals surface area contributed by atoms with Crippen LogP contribution in [0.15, 0.2) is 22.7 Å². The molecule has 1 atom stereocenters. The van der Waals surface area contributed by atoms with Gasteiger partial charge in [0.25, 0.3) is 0 Å². The third kappa shape index (κ3) is 1.66. The molecule has 4 heteroatoms. The third-order valence-corrected chi connectivity index (χ3v) is 3.66. The van der Waals surface area contributed by atoms with Gasteiger partial charge in [-0.3, -0.25) is 0 Å². The van der Waals surface area contributed by atoms with Crippen LogP contribution in [0.1, 0.15) is 18.4 Å². The van der Waals surface area contributed by atoms with E-state index in [9.17, 15) is 4.39 Å². The molecule has 78 valence electrons. The van der Waals surface area contributed by atoms with E-state index in [0.29, 0.717) is 4.47 Å². The molecule has 2 nitrogen and oxygen atoms in total. The van der Waals surface area contributed by atoms with Crippen LogP contribution in [0.2, 0.25) is 0 Å². The molecule has 1 aromatic rings. The summed E-state index contributed by atoms with van der Waals surface area (Å²) in [6.45, 7) is 0. The second kappa shape index (κ2) is 3.58. The highest BCUT2D eigenvalue weighted by atomic mass is 79.9. The first-order valence-corrected chi connectivity index (χ1v) is 5.50. The molecule has 1 aliphatic carbocycles. The van der Waals surface area contributed by atoms with Crippen LogP contribution in [-0.4, -0.2) is 6.04 Å². The van der Waals surface area contributed by atoms with Gasteiger partial charge in [-0.15, -0.1) is 0 Å². The fourth-order valence-corrected chi connectivity index (χ4v) is 2.09. The van der Waals surface area contributed by atoms with Gasteiger partial charge in [-0.05, 0) is 46.5 Å². The van der Waals surface area contributed by atoms with E-state index in [1.165, 1.54) is 6.07 Å². The van der Waals surface area contributed by atoms with Gasteiger partial charge in [-0.1, -0.05) is 6.07 Å². The van der Waals surface area contributed by atoms with Crippen LogP contribution in [0.25, 0.3) is 0 Å². The number of hydrogen-bond donors (Lipinski definition) is 1. The molecule has 1 aromatic carbocycles. The van der Waals surface area contributed by atoms with Gasteiger partial charge in [-0.2, -0.15) is 5.26 Å². The van der Waals surface area contributed by atoms with Crippen molar-refractivity contribution in [1.82, 2.24) is 0 Å². The van der Waals surface area contributed by atoms with Crippen molar-refractivity contribution in [3.63, 3.8) is 0 Å². The van der Waals surface area contributed by atoms with Crippen LogP contribution >= 0.6 is 15.9 Å². The number of nitriles is 1. The molecule has 0 spiro atoms. The van der Waals surface area contributed by atoms with E-state index >= 15 is 0 Å². The highest BCUT2D eigenvalue weighted by Crippen LogP contribution is 2.50. The molecule has 0 radical (unpaired) electrons. The maximum Gasteiger partial charge on any atom is 0.137 e. The molecule has 15 heavy (non-hydrogen) atoms. The SMILES string of the molecule is N#CC(N)C1(c2ccc(Br)c(F)c2)CC1. The molecule has 1 saturated carbocycles. The van der Waals surface area contributed by atoms with Gasteiger partial charge in [0.15, 0.2) is 0 Å². The van der Waals surface area contributed by atoms with E-state index in [0.717, 1.165) is 18.4 Å². The Morgan fingerprint density at radius 3 is 2.67 bits per heavy atom. The summed E-state index contributed by atoms with van der Waals surface area (Å²) in [7, 11) is 0. The number of nitrogens with zero attached hydrogens (tertiary/aromatic N) is 1. The summed E-state index contributed by atoms with van der Waals surface area (Å²) in [5, 5.41) is 8.82. The Balaban J connectivity index is 2.39. The summed E-state index contributed by atoms with van der Waals surface area (Å²) in [6.07, 6.45) is 1.73. The summed E-state index contributed by atoms with van der Waals surface area (Å²) < 4.78 is 13.8. The molecule has 0 bridgehead atoms. The van der Waals surface area contributed by atoms with E-state index in [1.54, 1.807) is 6.07 Å². The van der Waals surface area contributed by atoms with Crippen molar-refractivity contribution in [2.45, 2.75) is 24.3 Å². The summed E-state index contributed by atoms with van der Waals surface area (Å²) in [5.74, 6) is -0.302. The van der Waals surface area contributed by atoms with Gasteiger partial charge in [0.2, 0.25) is 0 Å². The number of nitrogens with two attached hydrogens (primary N) is 1. The quantitative estimate of drug-likeness (QED) is 0.896. The van der Waals surface area contributed by atoms with E-state index < -0.39 is 6.04 Å². The molecule has 2 N–H and O–H groups in total. The molecule has 2 rings (SSSR count). The number of hydrogen-bond acceptors (Lipinski definition) is 2. The van der Waals surface area contributed by atoms with Crippen molar-refractivity contribution < 1.29 is 4.39 Å². The average molecular weight is 269 g/mol. The van der Waals surface area contributed by atoms with E-state index in [4.69, 9.17) is 11.0 Å². The zero-order valence-corrected chi connectivity index (χ0v) is 9.59. The lowest BCUT2D eigenvalue weighted by Gasteiger charge is -2.18. The Morgan fingerprint density at radius 2 is 2.20 bits per heavy atom. The third-order valence-electron chi connectivity index (χ3n) is 3.02. The van der Waals surface area contributed by atoms with E-state index in [1.807, 2.05) is 12.1 Å². The molecule has 0 aromatic heterocycles. The molecule has 0 aliphatic heterocycles. The van der Waals surface area contributed by atoms with Crippen molar-refractivity contribution in [1.29, 1.82) is 5.26 Å². The van der Waals surface area contributed by atoms with Crippen molar-refractivity contribution in [2.24, 2.45) is 5.73 Å². The zero-order chi connectivity index (χ0) is 11.1. The predicted octanol–water partition coefficient (Wildman–Crippen LogP) is 2.47. The summed E-state index contributed by atoms with van der Waals surface area (Å²) in [5.41, 5.74) is 6.26. The Morgan fingerprint density at radius 1 is 1.53 bits per heavy atom. The monoisotopic (exact) mass is 268 g/mol. The molecule has 0 heterocycles. The minimum atomic E-state index is -0.543. The average Bonchev–Trinajstić information content (AvgIpc) is 3.02. The lowest BCUT2D eigenvalue weighted by molar-refractivity contribution is 0.587. The van der Waals surface area contributed by atoms with Crippen molar-refractivity contribution >= 4 is 15.9 Å². The van der Waals surface area contributed by atoms with Gasteiger partial charge in [-0.25, -0.2) is 4.39 Å². The Kier molecular flexibility index (Phi) is 2.53. The maximum absolute atomic E-state index is 13.3. The first kappa shape index (κ1) is 10.6. The van der Waals surface area contributed by atoms with E-state index in [2.05, 4.69) is 15.9 Å². The van der Waals surface area contributed by atoms with Crippen molar-refractivity contribution in [3.8, 4) is 6.07 Å². The molecule has 0 amide bonds. The highest BCUT2D eigenvalue weighted by Gasteiger charge is 2.49. The van der Waals surface area contributed by atoms with Gasteiger partial charge in [0, 0.05) is 5.41 Å². The first-order chi connectivity index (χ1) is 7.10. The van der Waals surface area contributed by atoms with Crippen molar-refractivity contribution in [3.05, 3.63) is 34.1 Å².